The predicted molar refractivity (Wildman–Crippen MR) is 59.6 cm³/mol. The van der Waals surface area contributed by atoms with Crippen molar-refractivity contribution in [2.24, 2.45) is 0 Å². The molecule has 0 aromatic heterocycles. The van der Waals surface area contributed by atoms with E-state index < -0.39 is 6.36 Å². The van der Waals surface area contributed by atoms with Gasteiger partial charge >= 0.3 is 6.36 Å². The Morgan fingerprint density at radius 3 is 2.38 bits per heavy atom. The summed E-state index contributed by atoms with van der Waals surface area (Å²) in [6.45, 7) is -0.0277. The summed E-state index contributed by atoms with van der Waals surface area (Å²) < 4.78 is 38.7. The summed E-state index contributed by atoms with van der Waals surface area (Å²) in [6, 6.07) is 0.361. The van der Waals surface area contributed by atoms with Crippen LogP contribution >= 0.6 is 11.8 Å². The summed E-state index contributed by atoms with van der Waals surface area (Å²) in [5.74, 6) is 0. The molecule has 0 unspecified atom stereocenters. The van der Waals surface area contributed by atoms with E-state index in [9.17, 15) is 13.2 Å². The van der Waals surface area contributed by atoms with Crippen molar-refractivity contribution in [2.45, 2.75) is 43.3 Å². The van der Waals surface area contributed by atoms with E-state index in [1.165, 1.54) is 0 Å². The first kappa shape index (κ1) is 14.1. The lowest BCUT2D eigenvalue weighted by molar-refractivity contribution is -0.323. The van der Waals surface area contributed by atoms with Crippen LogP contribution in [0.3, 0.4) is 0 Å². The highest BCUT2D eigenvalue weighted by molar-refractivity contribution is 7.99. The maximum atomic E-state index is 11.7. The fourth-order valence-corrected chi connectivity index (χ4v) is 2.68. The van der Waals surface area contributed by atoms with Gasteiger partial charge in [-0.15, -0.1) is 13.2 Å². The Bertz CT molecular complexity index is 193. The smallest absolute Gasteiger partial charge is 0.312 e. The molecule has 1 saturated carbocycles. The molecule has 1 aliphatic rings. The number of nitrogens with one attached hydrogen (secondary N) is 1. The predicted octanol–water partition coefficient (Wildman–Crippen LogP) is 2.79. The van der Waals surface area contributed by atoms with E-state index in [-0.39, 0.29) is 13.2 Å². The van der Waals surface area contributed by atoms with Crippen molar-refractivity contribution >= 4 is 11.8 Å². The van der Waals surface area contributed by atoms with Gasteiger partial charge in [-0.05, 0) is 31.9 Å². The number of hydrogen-bond acceptors (Lipinski definition) is 3. The normalized spacial score (nSPS) is 27.0. The van der Waals surface area contributed by atoms with Gasteiger partial charge in [-0.3, -0.25) is 4.74 Å². The lowest BCUT2D eigenvalue weighted by atomic mass is 9.95. The van der Waals surface area contributed by atoms with E-state index in [1.807, 2.05) is 11.8 Å². The van der Waals surface area contributed by atoms with Gasteiger partial charge in [0.2, 0.25) is 0 Å². The summed E-state index contributed by atoms with van der Waals surface area (Å²) >= 11 is 1.88. The molecule has 1 N–H and O–H groups in total. The maximum Gasteiger partial charge on any atom is 0.522 e. The topological polar surface area (TPSA) is 21.3 Å². The van der Waals surface area contributed by atoms with Crippen LogP contribution in [0.1, 0.15) is 25.7 Å². The standard InChI is InChI=1S/C10H18F3NOS/c1-16-9-4-2-8(3-5-9)14-6-7-15-10(11,12)13/h8-9,14H,2-7H2,1H3. The molecule has 0 amide bonds. The molecule has 0 aliphatic heterocycles. The van der Waals surface area contributed by atoms with E-state index >= 15 is 0 Å². The molecule has 0 aromatic carbocycles. The molecule has 1 fully saturated rings. The molecular weight excluding hydrogens is 239 g/mol. The van der Waals surface area contributed by atoms with Gasteiger partial charge in [0.1, 0.15) is 0 Å². The van der Waals surface area contributed by atoms with Crippen LogP contribution < -0.4 is 5.32 Å². The van der Waals surface area contributed by atoms with Crippen LogP contribution in [0.4, 0.5) is 13.2 Å². The molecule has 6 heteroatoms. The molecule has 96 valence electrons. The van der Waals surface area contributed by atoms with Crippen LogP contribution in [0, 0.1) is 0 Å². The van der Waals surface area contributed by atoms with Crippen molar-refractivity contribution in [3.8, 4) is 0 Å². The molecular formula is C10H18F3NOS. The second-order valence-electron chi connectivity index (χ2n) is 3.96. The zero-order valence-corrected chi connectivity index (χ0v) is 10.2. The van der Waals surface area contributed by atoms with E-state index in [0.717, 1.165) is 30.9 Å². The molecule has 16 heavy (non-hydrogen) atoms. The van der Waals surface area contributed by atoms with Gasteiger partial charge < -0.3 is 5.32 Å². The highest BCUT2D eigenvalue weighted by atomic mass is 32.2. The largest absolute Gasteiger partial charge is 0.522 e. The minimum Gasteiger partial charge on any atom is -0.312 e. The third-order valence-corrected chi connectivity index (χ3v) is 3.95. The van der Waals surface area contributed by atoms with Crippen molar-refractivity contribution in [1.82, 2.24) is 5.32 Å². The van der Waals surface area contributed by atoms with Gasteiger partial charge in [0.05, 0.1) is 6.61 Å². The first-order chi connectivity index (χ1) is 7.51. The van der Waals surface area contributed by atoms with Crippen molar-refractivity contribution in [1.29, 1.82) is 0 Å². The van der Waals surface area contributed by atoms with Crippen LogP contribution in [-0.4, -0.2) is 37.1 Å². The summed E-state index contributed by atoms with van der Waals surface area (Å²) in [5, 5.41) is 3.83. The SMILES string of the molecule is CSC1CCC(NCCOC(F)(F)F)CC1. The summed E-state index contributed by atoms with van der Waals surface area (Å²) in [6.07, 6.45) is 2.01. The van der Waals surface area contributed by atoms with Crippen molar-refractivity contribution < 1.29 is 17.9 Å². The number of alkyl halides is 3. The molecule has 0 radical (unpaired) electrons. The Hall–Kier alpha value is 0.0600. The molecule has 0 spiro atoms. The number of rotatable bonds is 5. The van der Waals surface area contributed by atoms with Gasteiger partial charge in [-0.25, -0.2) is 0 Å². The van der Waals surface area contributed by atoms with Gasteiger partial charge in [-0.2, -0.15) is 11.8 Å². The quantitative estimate of drug-likeness (QED) is 0.765. The highest BCUT2D eigenvalue weighted by Gasteiger charge is 2.28. The molecule has 0 atom stereocenters. The molecule has 2 nitrogen and oxygen atoms in total. The second-order valence-corrected chi connectivity index (χ2v) is 5.10. The number of ether oxygens (including phenoxy) is 1. The lowest BCUT2D eigenvalue weighted by Crippen LogP contribution is -2.36. The van der Waals surface area contributed by atoms with E-state index in [1.54, 1.807) is 0 Å². The Balaban J connectivity index is 2.02. The molecule has 0 bridgehead atoms. The maximum absolute atomic E-state index is 11.7. The number of halogens is 3. The minimum atomic E-state index is -4.50. The van der Waals surface area contributed by atoms with Crippen molar-refractivity contribution in [2.75, 3.05) is 19.4 Å². The average molecular weight is 257 g/mol. The third-order valence-electron chi connectivity index (χ3n) is 2.81. The summed E-state index contributed by atoms with van der Waals surface area (Å²) in [4.78, 5) is 0. The van der Waals surface area contributed by atoms with E-state index in [4.69, 9.17) is 0 Å². The monoisotopic (exact) mass is 257 g/mol. The Kier molecular flexibility index (Phi) is 5.92. The zero-order valence-electron chi connectivity index (χ0n) is 9.35. The first-order valence-corrected chi connectivity index (χ1v) is 6.77. The summed E-state index contributed by atoms with van der Waals surface area (Å²) in [5.41, 5.74) is 0. The average Bonchev–Trinajstić information content (AvgIpc) is 2.24. The molecule has 0 aromatic rings. The van der Waals surface area contributed by atoms with Gasteiger partial charge in [0.15, 0.2) is 0 Å². The van der Waals surface area contributed by atoms with E-state index in [0.29, 0.717) is 6.04 Å². The van der Waals surface area contributed by atoms with Crippen molar-refractivity contribution in [3.05, 3.63) is 0 Å². The highest BCUT2D eigenvalue weighted by Crippen LogP contribution is 2.26. The summed E-state index contributed by atoms with van der Waals surface area (Å²) in [7, 11) is 0. The van der Waals surface area contributed by atoms with Gasteiger partial charge in [-0.1, -0.05) is 0 Å². The Labute approximate surface area is 98.3 Å². The third kappa shape index (κ3) is 5.96. The molecule has 0 saturated heterocycles. The van der Waals surface area contributed by atoms with Gasteiger partial charge in [0, 0.05) is 17.8 Å². The second kappa shape index (κ2) is 6.71. The Morgan fingerprint density at radius 1 is 1.25 bits per heavy atom. The minimum absolute atomic E-state index is 0.272. The fourth-order valence-electron chi connectivity index (χ4n) is 1.93. The van der Waals surface area contributed by atoms with Crippen LogP contribution in [0.5, 0.6) is 0 Å². The van der Waals surface area contributed by atoms with Gasteiger partial charge in [0.25, 0.3) is 0 Å². The van der Waals surface area contributed by atoms with Crippen LogP contribution in [-0.2, 0) is 4.74 Å². The van der Waals surface area contributed by atoms with E-state index in [2.05, 4.69) is 16.3 Å². The molecule has 1 aliphatic carbocycles. The number of thioether (sulfide) groups is 1. The fraction of sp³-hybridized carbons (Fsp3) is 1.00. The molecule has 0 heterocycles. The van der Waals surface area contributed by atoms with Crippen LogP contribution in [0.2, 0.25) is 0 Å². The zero-order chi connectivity index (χ0) is 12.0. The van der Waals surface area contributed by atoms with Crippen LogP contribution in [0.25, 0.3) is 0 Å². The Morgan fingerprint density at radius 2 is 1.88 bits per heavy atom. The first-order valence-electron chi connectivity index (χ1n) is 5.48. The number of hydrogen-bond donors (Lipinski definition) is 1. The molecule has 1 rings (SSSR count). The van der Waals surface area contributed by atoms with Crippen molar-refractivity contribution in [3.63, 3.8) is 0 Å². The van der Waals surface area contributed by atoms with Crippen LogP contribution in [0.15, 0.2) is 0 Å². The lowest BCUT2D eigenvalue weighted by Gasteiger charge is -2.28.